The highest BCUT2D eigenvalue weighted by atomic mass is 32.1. The molecule has 41 heavy (non-hydrogen) atoms. The molecule has 0 radical (unpaired) electrons. The van der Waals surface area contributed by atoms with Gasteiger partial charge in [-0.25, -0.2) is 9.97 Å². The summed E-state index contributed by atoms with van der Waals surface area (Å²) in [5.41, 5.74) is 4.34. The highest BCUT2D eigenvalue weighted by Crippen LogP contribution is 2.42. The molecule has 7 aromatic rings. The zero-order chi connectivity index (χ0) is 27.9. The summed E-state index contributed by atoms with van der Waals surface area (Å²) >= 11 is 1.72. The minimum Gasteiger partial charge on any atom is -0.399 e. The Morgan fingerprint density at radius 2 is 1.22 bits per heavy atom. The monoisotopic (exact) mass is 553 g/mol. The first-order chi connectivity index (χ1) is 19.8. The molecule has 1 fully saturated rings. The maximum absolute atomic E-state index is 6.51. The molecular formula is C34H28BN3O2S. The topological polar surface area (TPSA) is 49.2 Å². The van der Waals surface area contributed by atoms with Crippen molar-refractivity contribution < 1.29 is 9.31 Å². The average molecular weight is 553 g/mol. The van der Waals surface area contributed by atoms with Crippen LogP contribution in [0.2, 0.25) is 0 Å². The van der Waals surface area contributed by atoms with Gasteiger partial charge in [0, 0.05) is 31.9 Å². The smallest absolute Gasteiger partial charge is 0.399 e. The van der Waals surface area contributed by atoms with E-state index in [9.17, 15) is 0 Å². The number of aromatic nitrogens is 3. The average Bonchev–Trinajstić information content (AvgIpc) is 3.59. The fourth-order valence-electron chi connectivity index (χ4n) is 5.85. The van der Waals surface area contributed by atoms with Crippen molar-refractivity contribution in [2.45, 2.75) is 38.9 Å². The van der Waals surface area contributed by atoms with E-state index in [-0.39, 0.29) is 0 Å². The van der Waals surface area contributed by atoms with E-state index in [2.05, 4.69) is 111 Å². The van der Waals surface area contributed by atoms with Gasteiger partial charge in [-0.3, -0.25) is 4.57 Å². The van der Waals surface area contributed by atoms with Crippen LogP contribution in [-0.4, -0.2) is 32.9 Å². The highest BCUT2D eigenvalue weighted by molar-refractivity contribution is 7.27. The van der Waals surface area contributed by atoms with E-state index in [4.69, 9.17) is 19.3 Å². The molecule has 1 aliphatic heterocycles. The first kappa shape index (κ1) is 24.7. The molecule has 0 saturated carbocycles. The lowest BCUT2D eigenvalue weighted by Crippen LogP contribution is -2.41. The number of hydrogen-bond donors (Lipinski definition) is 0. The number of nitrogens with zero attached hydrogens (tertiary/aromatic N) is 3. The van der Waals surface area contributed by atoms with Crippen LogP contribution in [0.25, 0.3) is 59.3 Å². The Morgan fingerprint density at radius 3 is 1.88 bits per heavy atom. The van der Waals surface area contributed by atoms with Gasteiger partial charge in [-0.15, -0.1) is 11.3 Å². The molecule has 1 saturated heterocycles. The van der Waals surface area contributed by atoms with Crippen molar-refractivity contribution in [3.8, 4) is 17.2 Å². The van der Waals surface area contributed by atoms with Crippen molar-refractivity contribution >= 4 is 66.0 Å². The highest BCUT2D eigenvalue weighted by Gasteiger charge is 2.52. The number of para-hydroxylation sites is 2. The predicted octanol–water partition coefficient (Wildman–Crippen LogP) is 7.91. The second-order valence-corrected chi connectivity index (χ2v) is 12.7. The molecule has 4 aromatic carbocycles. The third kappa shape index (κ3) is 3.63. The lowest BCUT2D eigenvalue weighted by Gasteiger charge is -2.32. The van der Waals surface area contributed by atoms with E-state index < -0.39 is 18.3 Å². The maximum Gasteiger partial charge on any atom is 0.496 e. The minimum atomic E-state index is -0.463. The summed E-state index contributed by atoms with van der Waals surface area (Å²) in [6, 6.07) is 33.7. The van der Waals surface area contributed by atoms with Crippen molar-refractivity contribution in [2.24, 2.45) is 0 Å². The molecular weight excluding hydrogens is 525 g/mol. The molecule has 3 aromatic heterocycles. The molecule has 0 atom stereocenters. The van der Waals surface area contributed by atoms with Crippen LogP contribution in [0.1, 0.15) is 27.7 Å². The van der Waals surface area contributed by atoms with E-state index in [1.807, 2.05) is 18.2 Å². The maximum atomic E-state index is 6.51. The Bertz CT molecular complexity index is 2060. The zero-order valence-corrected chi connectivity index (χ0v) is 24.2. The summed E-state index contributed by atoms with van der Waals surface area (Å²) in [7, 11) is -0.463. The first-order valence-electron chi connectivity index (χ1n) is 14.0. The fraction of sp³-hybridized carbons (Fsp3) is 0.176. The van der Waals surface area contributed by atoms with Gasteiger partial charge in [-0.2, -0.15) is 0 Å². The van der Waals surface area contributed by atoms with E-state index >= 15 is 0 Å². The Labute approximate surface area is 242 Å². The number of benzene rings is 4. The molecule has 200 valence electrons. The normalized spacial score (nSPS) is 16.4. The van der Waals surface area contributed by atoms with Crippen molar-refractivity contribution in [3.63, 3.8) is 0 Å². The van der Waals surface area contributed by atoms with Crippen molar-refractivity contribution in [3.05, 3.63) is 97.1 Å². The summed E-state index contributed by atoms with van der Waals surface area (Å²) in [5.74, 6) is 1.59. The quantitative estimate of drug-likeness (QED) is 0.209. The Hall–Kier alpha value is -4.04. The minimum absolute atomic E-state index is 0.426. The number of thiophene rings is 1. The predicted molar refractivity (Wildman–Crippen MR) is 170 cm³/mol. The molecule has 4 heterocycles. The van der Waals surface area contributed by atoms with E-state index in [1.54, 1.807) is 11.3 Å². The first-order valence-corrected chi connectivity index (χ1v) is 14.8. The number of fused-ring (bicyclic) bond motifs is 6. The third-order valence-corrected chi connectivity index (χ3v) is 9.92. The van der Waals surface area contributed by atoms with Crippen LogP contribution in [0.5, 0.6) is 0 Å². The molecule has 5 nitrogen and oxygen atoms in total. The van der Waals surface area contributed by atoms with E-state index in [0.717, 1.165) is 48.2 Å². The van der Waals surface area contributed by atoms with Gasteiger partial charge in [0.15, 0.2) is 11.6 Å². The van der Waals surface area contributed by atoms with Gasteiger partial charge in [0.25, 0.3) is 0 Å². The van der Waals surface area contributed by atoms with E-state index in [1.165, 1.54) is 10.8 Å². The summed E-state index contributed by atoms with van der Waals surface area (Å²) in [6.45, 7) is 8.37. The van der Waals surface area contributed by atoms with Gasteiger partial charge in [-0.1, -0.05) is 84.9 Å². The van der Waals surface area contributed by atoms with Crippen molar-refractivity contribution in [2.75, 3.05) is 0 Å². The van der Waals surface area contributed by atoms with Crippen LogP contribution in [0.3, 0.4) is 0 Å². The standard InChI is InChI=1S/C34H28BN3O2S/c1-33(2)34(3,4)40-35(39-33)25-18-12-17-24-28-30(41-29(24)25)32(37-31(36-28)21-13-6-5-7-14-21)38-26-19-10-8-15-22(26)23-16-9-11-20-27(23)38/h5-20H,1-4H3. The zero-order valence-electron chi connectivity index (χ0n) is 23.4. The largest absolute Gasteiger partial charge is 0.496 e. The molecule has 0 bridgehead atoms. The van der Waals surface area contributed by atoms with Crippen LogP contribution in [-0.2, 0) is 9.31 Å². The number of hydrogen-bond acceptors (Lipinski definition) is 5. The van der Waals surface area contributed by atoms with E-state index in [0.29, 0.717) is 5.82 Å². The van der Waals surface area contributed by atoms with Gasteiger partial charge in [0.2, 0.25) is 0 Å². The Morgan fingerprint density at radius 1 is 0.634 bits per heavy atom. The third-order valence-electron chi connectivity index (χ3n) is 8.68. The molecule has 0 N–H and O–H groups in total. The molecule has 0 unspecified atom stereocenters. The lowest BCUT2D eigenvalue weighted by atomic mass is 9.78. The molecule has 0 amide bonds. The fourth-order valence-corrected chi connectivity index (χ4v) is 7.09. The van der Waals surface area contributed by atoms with Gasteiger partial charge in [0.05, 0.1) is 32.5 Å². The van der Waals surface area contributed by atoms with Gasteiger partial charge < -0.3 is 9.31 Å². The van der Waals surface area contributed by atoms with Gasteiger partial charge >= 0.3 is 7.12 Å². The number of rotatable bonds is 3. The van der Waals surface area contributed by atoms with Crippen LogP contribution >= 0.6 is 11.3 Å². The summed E-state index contributed by atoms with van der Waals surface area (Å²) in [4.78, 5) is 10.5. The van der Waals surface area contributed by atoms with Gasteiger partial charge in [-0.05, 0) is 39.8 Å². The molecule has 8 rings (SSSR count). The molecule has 7 heteroatoms. The second-order valence-electron chi connectivity index (χ2n) is 11.7. The molecule has 1 aliphatic rings. The SMILES string of the molecule is CC1(C)OB(c2cccc3c2sc2c(-n4c5ccccc5c5ccccc54)nc(-c4ccccc4)nc23)OC1(C)C. The lowest BCUT2D eigenvalue weighted by molar-refractivity contribution is 0.00578. The van der Waals surface area contributed by atoms with Gasteiger partial charge in [0.1, 0.15) is 0 Å². The van der Waals surface area contributed by atoms with Crippen LogP contribution in [0.4, 0.5) is 0 Å². The molecule has 0 spiro atoms. The van der Waals surface area contributed by atoms with Crippen LogP contribution < -0.4 is 5.46 Å². The van der Waals surface area contributed by atoms with Crippen LogP contribution in [0.15, 0.2) is 97.1 Å². The molecule has 0 aliphatic carbocycles. The Balaban J connectivity index is 1.47. The van der Waals surface area contributed by atoms with Crippen molar-refractivity contribution in [1.29, 1.82) is 0 Å². The summed E-state index contributed by atoms with van der Waals surface area (Å²) in [5, 5.41) is 3.49. The summed E-state index contributed by atoms with van der Waals surface area (Å²) < 4.78 is 17.5. The summed E-state index contributed by atoms with van der Waals surface area (Å²) in [6.07, 6.45) is 0. The Kier molecular flexibility index (Phi) is 5.27. The second kappa shape index (κ2) is 8.73. The van der Waals surface area contributed by atoms with Crippen LogP contribution in [0, 0.1) is 0 Å². The van der Waals surface area contributed by atoms with Crippen molar-refractivity contribution in [1.82, 2.24) is 14.5 Å².